The van der Waals surface area contributed by atoms with Gasteiger partial charge in [-0.15, -0.1) is 0 Å². The van der Waals surface area contributed by atoms with Crippen molar-refractivity contribution in [2.24, 2.45) is 0 Å². The van der Waals surface area contributed by atoms with Crippen molar-refractivity contribution in [1.29, 1.82) is 0 Å². The minimum absolute atomic E-state index is 0.922. The zero-order valence-electron chi connectivity index (χ0n) is 48.6. The van der Waals surface area contributed by atoms with Crippen LogP contribution in [-0.4, -0.2) is 4.70 Å². The van der Waals surface area contributed by atoms with E-state index in [0.29, 0.717) is 0 Å². The minimum Gasteiger partial charge on any atom is -0.0654 e. The van der Waals surface area contributed by atoms with Crippen LogP contribution in [0.5, 0.6) is 0 Å². The molecule has 410 valence electrons. The molecule has 0 N–H and O–H groups in total. The van der Waals surface area contributed by atoms with E-state index in [2.05, 4.69) is 90.9 Å². The third kappa shape index (κ3) is 32.3. The van der Waals surface area contributed by atoms with Crippen molar-refractivity contribution in [3.63, 3.8) is 0 Å². The summed E-state index contributed by atoms with van der Waals surface area (Å²) in [5.74, 6) is 0. The van der Waals surface area contributed by atoms with Gasteiger partial charge >= 0.3 is 169 Å². The zero-order valence-corrected chi connectivity index (χ0v) is 50.1. The molecule has 2 aromatic rings. The van der Waals surface area contributed by atoms with Crippen LogP contribution in [0.25, 0.3) is 16.9 Å². The van der Waals surface area contributed by atoms with Crippen LogP contribution in [-0.2, 0) is 43.7 Å². The molecule has 1 aliphatic rings. The van der Waals surface area contributed by atoms with Gasteiger partial charge < -0.3 is 5.53 Å². The van der Waals surface area contributed by atoms with Gasteiger partial charge in [0.05, 0.1) is 0 Å². The van der Waals surface area contributed by atoms with Crippen LogP contribution < -0.4 is 0 Å². The quantitative estimate of drug-likeness (QED) is 0.0359. The molecule has 71 heavy (non-hydrogen) atoms. The summed E-state index contributed by atoms with van der Waals surface area (Å²) in [5.41, 5.74) is 22.5. The number of rotatable bonds is 47. The Morgan fingerprint density at radius 2 is 0.620 bits per heavy atom. The SMILES string of the molecule is CCCCC1=C(c2cc(CC)cc(CCCC)c2)[N+](=[N-])C(c2cc(CC)cc(CCCC)c2)=C1.CCCCCCCCCCCCCCCCC[CH2][Pd][CH2]CCCCCCCCCCCCCCCCC. The van der Waals surface area contributed by atoms with E-state index >= 15 is 0 Å². The topological polar surface area (TPSA) is 25.3 Å². The van der Waals surface area contributed by atoms with Crippen LogP contribution in [0.2, 0.25) is 9.79 Å². The molecule has 0 amide bonds. The third-order valence-corrected chi connectivity index (χ3v) is 17.3. The molecule has 0 unspecified atom stereocenters. The molecule has 0 atom stereocenters. The number of benzene rings is 2. The van der Waals surface area contributed by atoms with Gasteiger partial charge in [-0.25, -0.2) is 4.70 Å². The Morgan fingerprint density at radius 1 is 0.324 bits per heavy atom. The van der Waals surface area contributed by atoms with Crippen molar-refractivity contribution in [3.05, 3.63) is 87.0 Å². The molecule has 0 saturated carbocycles. The van der Waals surface area contributed by atoms with Gasteiger partial charge in [-0.1, -0.05) is 144 Å². The van der Waals surface area contributed by atoms with Gasteiger partial charge in [0.25, 0.3) is 0 Å². The first-order valence-corrected chi connectivity index (χ1v) is 33.8. The fourth-order valence-corrected chi connectivity index (χ4v) is 12.3. The summed E-state index contributed by atoms with van der Waals surface area (Å²) < 4.78 is 1.49. The van der Waals surface area contributed by atoms with Gasteiger partial charge in [0.2, 0.25) is 11.4 Å². The molecule has 0 saturated heterocycles. The predicted octanol–water partition coefficient (Wildman–Crippen LogP) is 23.9. The number of hydrogen-bond acceptors (Lipinski definition) is 0. The van der Waals surface area contributed by atoms with E-state index in [1.807, 2.05) is 0 Å². The second kappa shape index (κ2) is 46.7. The summed E-state index contributed by atoms with van der Waals surface area (Å²) in [6.45, 7) is 15.8. The van der Waals surface area contributed by atoms with Gasteiger partial charge in [-0.05, 0) is 97.9 Å². The normalized spacial score (nSPS) is 12.6. The Morgan fingerprint density at radius 3 is 0.972 bits per heavy atom. The number of aryl methyl sites for hydroxylation is 4. The number of unbranched alkanes of at least 4 members (excludes halogenated alkanes) is 33. The van der Waals surface area contributed by atoms with Crippen molar-refractivity contribution in [2.75, 3.05) is 0 Å². The first kappa shape index (κ1) is 65.3. The van der Waals surface area contributed by atoms with E-state index in [1.165, 1.54) is 264 Å². The van der Waals surface area contributed by atoms with Crippen molar-refractivity contribution in [2.45, 2.75) is 334 Å². The Bertz CT molecular complexity index is 1600. The molecular formula is C68H118N2Pd. The van der Waals surface area contributed by atoms with E-state index < -0.39 is 0 Å². The monoisotopic (exact) mass is 1070 g/mol. The molecule has 3 heteroatoms. The van der Waals surface area contributed by atoms with Crippen LogP contribution in [0.3, 0.4) is 0 Å². The van der Waals surface area contributed by atoms with Gasteiger partial charge in [0, 0.05) is 22.8 Å². The molecule has 0 aromatic heterocycles. The van der Waals surface area contributed by atoms with Crippen LogP contribution in [0, 0.1) is 0 Å². The minimum atomic E-state index is 0.922. The van der Waals surface area contributed by atoms with Crippen LogP contribution in [0.15, 0.2) is 48.0 Å². The van der Waals surface area contributed by atoms with Gasteiger partial charge in [-0.2, -0.15) is 0 Å². The molecule has 2 nitrogen and oxygen atoms in total. The first-order chi connectivity index (χ1) is 35.0. The number of nitrogens with zero attached hydrogens (tertiary/aromatic N) is 2. The summed E-state index contributed by atoms with van der Waals surface area (Å²) in [6, 6.07) is 13.8. The van der Waals surface area contributed by atoms with E-state index in [9.17, 15) is 5.53 Å². The fraction of sp³-hybridized carbons (Fsp3) is 0.765. The fourth-order valence-electron chi connectivity index (χ4n) is 10.4. The van der Waals surface area contributed by atoms with Gasteiger partial charge in [0.1, 0.15) is 0 Å². The zero-order chi connectivity index (χ0) is 51.3. The second-order valence-corrected chi connectivity index (χ2v) is 24.2. The summed E-state index contributed by atoms with van der Waals surface area (Å²) in [5, 5.41) is 0. The molecule has 1 aliphatic heterocycles. The van der Waals surface area contributed by atoms with E-state index in [-0.39, 0.29) is 0 Å². The second-order valence-electron chi connectivity index (χ2n) is 21.9. The summed E-state index contributed by atoms with van der Waals surface area (Å²) in [7, 11) is 0. The summed E-state index contributed by atoms with van der Waals surface area (Å²) in [4.78, 5) is 3.09. The van der Waals surface area contributed by atoms with Crippen LogP contribution >= 0.6 is 0 Å². The molecule has 0 aliphatic carbocycles. The molecule has 3 rings (SSSR count). The van der Waals surface area contributed by atoms with Crippen molar-refractivity contribution in [3.8, 4) is 0 Å². The molecule has 0 spiro atoms. The van der Waals surface area contributed by atoms with Crippen molar-refractivity contribution >= 4 is 11.4 Å². The van der Waals surface area contributed by atoms with E-state index in [1.54, 1.807) is 9.79 Å². The average Bonchev–Trinajstić information content (AvgIpc) is 3.73. The summed E-state index contributed by atoms with van der Waals surface area (Å²) >= 11 is 1.06. The standard InChI is InChI=1S/C32H44N2.2C18H37.Pd/c1-6-11-14-26-17-24(9-4)19-29(21-26)31-23-28(16-13-8-3)32(34(31)33)30-20-25(10-5)18-27(22-30)15-12-7-2;2*1-3-5-7-9-11-13-15-17-18-16-14-12-10-8-6-4-2;/h17-23H,6-16H2,1-5H3;2*1,3-18H2,2H3;. The molecule has 1 heterocycles. The van der Waals surface area contributed by atoms with E-state index in [4.69, 9.17) is 0 Å². The Hall–Kier alpha value is -1.82. The molecule has 2 aromatic carbocycles. The van der Waals surface area contributed by atoms with Gasteiger partial charge in [-0.3, -0.25) is 0 Å². The smallest absolute Gasteiger partial charge is 0.0654 e. The Balaban J connectivity index is 0.000000488. The van der Waals surface area contributed by atoms with E-state index in [0.717, 1.165) is 85.4 Å². The van der Waals surface area contributed by atoms with Crippen LogP contribution in [0.1, 0.15) is 332 Å². The average molecular weight is 1070 g/mol. The first-order valence-electron chi connectivity index (χ1n) is 31.6. The molecule has 0 fully saturated rings. The number of hydrogen-bond donors (Lipinski definition) is 0. The molecular weight excluding hydrogens is 951 g/mol. The molecule has 0 bridgehead atoms. The third-order valence-electron chi connectivity index (χ3n) is 15.1. The Labute approximate surface area is 452 Å². The van der Waals surface area contributed by atoms with Crippen molar-refractivity contribution < 1.29 is 22.7 Å². The molecule has 0 radical (unpaired) electrons. The maximum atomic E-state index is 11.6. The predicted molar refractivity (Wildman–Crippen MR) is 316 cm³/mol. The van der Waals surface area contributed by atoms with Gasteiger partial charge in [0.15, 0.2) is 0 Å². The van der Waals surface area contributed by atoms with Crippen LogP contribution in [0.4, 0.5) is 0 Å². The maximum absolute atomic E-state index is 11.6. The number of allylic oxidation sites excluding steroid dienone is 2. The van der Waals surface area contributed by atoms with Crippen molar-refractivity contribution in [1.82, 2.24) is 0 Å². The Kier molecular flexibility index (Phi) is 42.9. The summed E-state index contributed by atoms with van der Waals surface area (Å²) in [6.07, 6.45) is 62.0.